The summed E-state index contributed by atoms with van der Waals surface area (Å²) in [5.41, 5.74) is 4.19. The topological polar surface area (TPSA) is 111 Å². The van der Waals surface area contributed by atoms with Crippen molar-refractivity contribution in [1.82, 2.24) is 24.8 Å². The number of benzene rings is 2. The van der Waals surface area contributed by atoms with Crippen molar-refractivity contribution in [1.29, 1.82) is 0 Å². The molecule has 10 heteroatoms. The molecule has 3 N–H and O–H groups in total. The maximum Gasteiger partial charge on any atom is 0.409 e. The summed E-state index contributed by atoms with van der Waals surface area (Å²) in [6.45, 7) is 2.13. The zero-order valence-electron chi connectivity index (χ0n) is 17.0. The lowest BCUT2D eigenvalue weighted by molar-refractivity contribution is 0.209. The van der Waals surface area contributed by atoms with Gasteiger partial charge in [0.2, 0.25) is 0 Å². The van der Waals surface area contributed by atoms with Gasteiger partial charge in [0.25, 0.3) is 0 Å². The molecule has 0 radical (unpaired) electrons. The van der Waals surface area contributed by atoms with Crippen molar-refractivity contribution in [2.45, 2.75) is 13.5 Å². The zero-order chi connectivity index (χ0) is 22.2. The van der Waals surface area contributed by atoms with Gasteiger partial charge in [0.05, 0.1) is 23.6 Å². The van der Waals surface area contributed by atoms with Crippen LogP contribution in [0.1, 0.15) is 11.1 Å². The highest BCUT2D eigenvalue weighted by Gasteiger charge is 2.21. The highest BCUT2D eigenvalue weighted by molar-refractivity contribution is 5.91. The Morgan fingerprint density at radius 2 is 2.16 bits per heavy atom. The Hall–Kier alpha value is -4.47. The van der Waals surface area contributed by atoms with Gasteiger partial charge in [-0.15, -0.1) is 0 Å². The van der Waals surface area contributed by atoms with Crippen molar-refractivity contribution >= 4 is 39.7 Å². The first-order valence-electron chi connectivity index (χ1n) is 9.77. The van der Waals surface area contributed by atoms with Gasteiger partial charge < -0.3 is 10.0 Å². The molecule has 0 aliphatic heterocycles. The number of nitrogens with zero attached hydrogens (tertiary/aromatic N) is 5. The van der Waals surface area contributed by atoms with Gasteiger partial charge in [-0.25, -0.2) is 18.7 Å². The van der Waals surface area contributed by atoms with Crippen LogP contribution >= 0.6 is 0 Å². The minimum Gasteiger partial charge on any atom is -0.465 e. The molecule has 5 aromatic rings. The molecule has 160 valence electrons. The molecule has 2 aromatic carbocycles. The van der Waals surface area contributed by atoms with E-state index in [1.807, 2.05) is 29.2 Å². The summed E-state index contributed by atoms with van der Waals surface area (Å²) in [4.78, 5) is 17.7. The van der Waals surface area contributed by atoms with Crippen molar-refractivity contribution in [3.8, 4) is 0 Å². The summed E-state index contributed by atoms with van der Waals surface area (Å²) < 4.78 is 15.5. The molecular formula is C22H18FN7O2. The van der Waals surface area contributed by atoms with E-state index in [9.17, 15) is 9.18 Å². The smallest absolute Gasteiger partial charge is 0.409 e. The van der Waals surface area contributed by atoms with E-state index in [1.165, 1.54) is 18.5 Å². The van der Waals surface area contributed by atoms with E-state index < -0.39 is 6.09 Å². The first kappa shape index (κ1) is 19.5. The maximum atomic E-state index is 13.9. The molecule has 32 heavy (non-hydrogen) atoms. The van der Waals surface area contributed by atoms with Crippen LogP contribution in [-0.4, -0.2) is 36.0 Å². The molecule has 5 rings (SSSR count). The number of rotatable bonds is 5. The van der Waals surface area contributed by atoms with Crippen LogP contribution in [0.25, 0.3) is 16.4 Å². The number of aromatic amines is 1. The van der Waals surface area contributed by atoms with Crippen LogP contribution in [0, 0.1) is 12.7 Å². The molecular weight excluding hydrogens is 413 g/mol. The number of aryl methyl sites for hydroxylation is 1. The second-order valence-corrected chi connectivity index (χ2v) is 7.33. The van der Waals surface area contributed by atoms with Crippen LogP contribution in [-0.2, 0) is 6.54 Å². The second kappa shape index (κ2) is 7.65. The largest absolute Gasteiger partial charge is 0.465 e. The fourth-order valence-electron chi connectivity index (χ4n) is 3.78. The molecule has 0 saturated carbocycles. The van der Waals surface area contributed by atoms with Crippen LogP contribution in [0.3, 0.4) is 0 Å². The predicted molar refractivity (Wildman–Crippen MR) is 118 cm³/mol. The molecule has 3 aromatic heterocycles. The van der Waals surface area contributed by atoms with Crippen molar-refractivity contribution in [3.05, 3.63) is 78.1 Å². The molecule has 0 aliphatic carbocycles. The minimum atomic E-state index is -1.17. The number of carboxylic acid groups (broad SMARTS) is 1. The normalized spacial score (nSPS) is 11.2. The van der Waals surface area contributed by atoms with Crippen molar-refractivity contribution in [2.24, 2.45) is 0 Å². The van der Waals surface area contributed by atoms with Crippen LogP contribution in [0.2, 0.25) is 0 Å². The summed E-state index contributed by atoms with van der Waals surface area (Å²) in [6.07, 6.45) is 3.57. The number of hydrogen-bond acceptors (Lipinski definition) is 5. The number of aromatic nitrogens is 5. The van der Waals surface area contributed by atoms with Gasteiger partial charge >= 0.3 is 6.09 Å². The molecule has 0 spiro atoms. The Kier molecular flexibility index (Phi) is 4.66. The molecule has 1 amide bonds. The number of nitrogens with one attached hydrogen (secondary N) is 2. The zero-order valence-corrected chi connectivity index (χ0v) is 17.0. The van der Waals surface area contributed by atoms with E-state index in [4.69, 9.17) is 5.11 Å². The van der Waals surface area contributed by atoms with Gasteiger partial charge in [0, 0.05) is 23.2 Å². The van der Waals surface area contributed by atoms with Gasteiger partial charge in [-0.3, -0.25) is 10.4 Å². The summed E-state index contributed by atoms with van der Waals surface area (Å²) in [6, 6.07) is 12.2. The van der Waals surface area contributed by atoms with Crippen molar-refractivity contribution < 1.29 is 14.3 Å². The van der Waals surface area contributed by atoms with Crippen molar-refractivity contribution in [3.63, 3.8) is 0 Å². The number of amides is 1. The highest BCUT2D eigenvalue weighted by Crippen LogP contribution is 2.34. The average molecular weight is 431 g/mol. The Morgan fingerprint density at radius 3 is 2.97 bits per heavy atom. The summed E-state index contributed by atoms with van der Waals surface area (Å²) in [5.74, 6) is 0.232. The third-order valence-corrected chi connectivity index (χ3v) is 5.27. The molecule has 0 fully saturated rings. The van der Waals surface area contributed by atoms with Crippen LogP contribution in [0.5, 0.6) is 0 Å². The Morgan fingerprint density at radius 1 is 1.28 bits per heavy atom. The van der Waals surface area contributed by atoms with Crippen LogP contribution < -0.4 is 10.2 Å². The summed E-state index contributed by atoms with van der Waals surface area (Å²) in [5, 5.41) is 23.7. The lowest BCUT2D eigenvalue weighted by atomic mass is 10.1. The van der Waals surface area contributed by atoms with E-state index in [0.717, 1.165) is 22.2 Å². The third-order valence-electron chi connectivity index (χ3n) is 5.27. The van der Waals surface area contributed by atoms with E-state index in [2.05, 4.69) is 25.6 Å². The summed E-state index contributed by atoms with van der Waals surface area (Å²) in [7, 11) is 0. The Labute approximate surface area is 181 Å². The van der Waals surface area contributed by atoms with E-state index in [1.54, 1.807) is 29.9 Å². The van der Waals surface area contributed by atoms with Gasteiger partial charge in [-0.05, 0) is 42.8 Å². The molecule has 0 bridgehead atoms. The molecule has 0 aliphatic rings. The lowest BCUT2D eigenvalue weighted by Gasteiger charge is -2.25. The van der Waals surface area contributed by atoms with E-state index in [0.29, 0.717) is 29.1 Å². The number of carbonyl (C=O) groups is 1. The average Bonchev–Trinajstić information content (AvgIpc) is 3.36. The third kappa shape index (κ3) is 3.47. The van der Waals surface area contributed by atoms with Gasteiger partial charge in [0.15, 0.2) is 5.82 Å². The first-order valence-corrected chi connectivity index (χ1v) is 9.77. The molecule has 0 atom stereocenters. The quantitative estimate of drug-likeness (QED) is 0.378. The first-order chi connectivity index (χ1) is 15.5. The minimum absolute atomic E-state index is 0.326. The number of fused-ring (bicyclic) bond motifs is 2. The molecule has 0 unspecified atom stereocenters. The molecule has 9 nitrogen and oxygen atoms in total. The Bertz CT molecular complexity index is 1460. The standard InChI is InChI=1S/C22H18FN7O2/c1-13-19(27-22(31)32)11-30-20(13)21(24-12-26-30)29(10-14-3-2-4-16(23)7-14)17-5-6-18-15(8-17)9-25-28-18/h2-9,11-12,27H,10H2,1H3,(H,25,28)(H,31,32). The fraction of sp³-hybridized carbons (Fsp3) is 0.0909. The van der Waals surface area contributed by atoms with E-state index in [-0.39, 0.29) is 5.82 Å². The van der Waals surface area contributed by atoms with Crippen LogP contribution in [0.15, 0.2) is 61.2 Å². The van der Waals surface area contributed by atoms with Gasteiger partial charge in [-0.1, -0.05) is 12.1 Å². The SMILES string of the molecule is Cc1c(NC(=O)O)cn2ncnc(N(Cc3cccc(F)c3)c3ccc4[nH]ncc4c3)c12. The second-order valence-electron chi connectivity index (χ2n) is 7.33. The lowest BCUT2D eigenvalue weighted by Crippen LogP contribution is -2.19. The van der Waals surface area contributed by atoms with Crippen LogP contribution in [0.4, 0.5) is 26.4 Å². The number of halogens is 1. The molecule has 0 saturated heterocycles. The van der Waals surface area contributed by atoms with Crippen molar-refractivity contribution in [2.75, 3.05) is 10.2 Å². The number of hydrogen-bond donors (Lipinski definition) is 3. The summed E-state index contributed by atoms with van der Waals surface area (Å²) >= 11 is 0. The highest BCUT2D eigenvalue weighted by atomic mass is 19.1. The number of H-pyrrole nitrogens is 1. The van der Waals surface area contributed by atoms with Gasteiger partial charge in [0.1, 0.15) is 17.7 Å². The van der Waals surface area contributed by atoms with E-state index >= 15 is 0 Å². The van der Waals surface area contributed by atoms with Gasteiger partial charge in [-0.2, -0.15) is 10.2 Å². The maximum absolute atomic E-state index is 13.9. The Balaban J connectivity index is 1.70. The monoisotopic (exact) mass is 431 g/mol. The fourth-order valence-corrected chi connectivity index (χ4v) is 3.78. The number of anilines is 3. The molecule has 3 heterocycles. The predicted octanol–water partition coefficient (Wildman–Crippen LogP) is 4.48.